The number of rotatable bonds is 9. The minimum atomic E-state index is 0.0956. The van der Waals surface area contributed by atoms with Crippen molar-refractivity contribution in [1.29, 1.82) is 0 Å². The summed E-state index contributed by atoms with van der Waals surface area (Å²) in [5.41, 5.74) is 20.6. The Morgan fingerprint density at radius 3 is 0.865 bits per heavy atom. The summed E-state index contributed by atoms with van der Waals surface area (Å²) in [6.45, 7) is 34.6. The molecule has 0 fully saturated rings. The highest BCUT2D eigenvalue weighted by molar-refractivity contribution is 5.88. The fourth-order valence-electron chi connectivity index (χ4n) is 16.1. The summed E-state index contributed by atoms with van der Waals surface area (Å²) in [5.74, 6) is 9.22. The number of benzene rings is 8. The average molecular weight is 1470 g/mol. The van der Waals surface area contributed by atoms with Crippen LogP contribution in [0.25, 0.3) is 0 Å². The van der Waals surface area contributed by atoms with Crippen LogP contribution in [0.4, 0.5) is 104 Å². The molecule has 0 saturated carbocycles. The van der Waals surface area contributed by atoms with Gasteiger partial charge in [-0.3, -0.25) is 0 Å². The van der Waals surface area contributed by atoms with E-state index in [1.165, 1.54) is 84.2 Å². The largest absolute Gasteiger partial charge is 0.336 e. The molecule has 5 aliphatic heterocycles. The smallest absolute Gasteiger partial charge is 0.178 e. The molecule has 13 aromatic rings. The van der Waals surface area contributed by atoms with Crippen LogP contribution >= 0.6 is 0 Å². The van der Waals surface area contributed by atoms with Crippen molar-refractivity contribution in [2.24, 2.45) is 0 Å². The summed E-state index contributed by atoms with van der Waals surface area (Å²) < 4.78 is 0. The van der Waals surface area contributed by atoms with Gasteiger partial charge in [0.05, 0.1) is 5.69 Å². The van der Waals surface area contributed by atoms with Crippen LogP contribution in [0.1, 0.15) is 98.5 Å². The number of para-hydroxylation sites is 7. The standard InChI is InChI=1S/2C21H22N4.C19H18N4.C16H20N4.C14H16N4/c1-14-8-5-6-11-18(14)24-17(4)25(21-20(24)22-12-13-23-21)19-15(2)9-7-10-16(19)3;1-14-11-15(2)13-18(12-14)24-17(4)25(19-8-6-5-7-16(19)3)21-20(24)22-9-10-23-21;1-14-8-6-7-11-17(14)23-15(2)22(16-9-4-3-5-10-16)18-19(23)21-13-12-20-18;1-11(2)19-13(4)20(14-8-6-5-7-12(14)3)16-15(19)17-9-10-18-16;1-10-6-4-5-7-12(10)18-11(2)17(3)13-14(18)16-9-8-15-13/h2*5-13,17H,1-4H3;3-13,15H,1-2H3;5-11,13H,1-4H3;4-9,11H,1-3H3/t2*17-;15-;13-;11-/m01111/s1. The van der Waals surface area contributed by atoms with Gasteiger partial charge in [0.2, 0.25) is 0 Å². The zero-order chi connectivity index (χ0) is 77.9. The van der Waals surface area contributed by atoms with E-state index in [1.807, 2.05) is 6.07 Å². The van der Waals surface area contributed by atoms with E-state index in [1.54, 1.807) is 62.0 Å². The van der Waals surface area contributed by atoms with Crippen LogP contribution in [0.3, 0.4) is 0 Å². The Bertz CT molecular complexity index is 5400. The van der Waals surface area contributed by atoms with Crippen LogP contribution < -0.4 is 49.0 Å². The van der Waals surface area contributed by atoms with E-state index in [-0.39, 0.29) is 30.8 Å². The summed E-state index contributed by atoms with van der Waals surface area (Å²) in [5, 5.41) is 0. The Labute approximate surface area is 653 Å². The van der Waals surface area contributed by atoms with Crippen molar-refractivity contribution < 1.29 is 0 Å². The number of aryl methyl sites for hydroxylation is 9. The van der Waals surface area contributed by atoms with Gasteiger partial charge in [-0.25, -0.2) is 49.8 Å². The van der Waals surface area contributed by atoms with Crippen molar-refractivity contribution in [3.8, 4) is 0 Å². The van der Waals surface area contributed by atoms with Crippen LogP contribution in [0.15, 0.2) is 250 Å². The highest BCUT2D eigenvalue weighted by Crippen LogP contribution is 2.51. The van der Waals surface area contributed by atoms with Gasteiger partial charge in [-0.1, -0.05) is 133 Å². The van der Waals surface area contributed by atoms with Gasteiger partial charge in [0.15, 0.2) is 58.2 Å². The van der Waals surface area contributed by atoms with E-state index in [9.17, 15) is 0 Å². The molecule has 0 amide bonds. The third kappa shape index (κ3) is 14.4. The van der Waals surface area contributed by atoms with Crippen molar-refractivity contribution in [3.63, 3.8) is 0 Å². The molecule has 5 atom stereocenters. The number of anilines is 18. The fourth-order valence-corrected chi connectivity index (χ4v) is 16.1. The van der Waals surface area contributed by atoms with Crippen molar-refractivity contribution in [3.05, 3.63) is 300 Å². The minimum absolute atomic E-state index is 0.0956. The van der Waals surface area contributed by atoms with Crippen LogP contribution in [-0.4, -0.2) is 93.8 Å². The Kier molecular flexibility index (Phi) is 21.7. The number of aromatic nitrogens is 10. The highest BCUT2D eigenvalue weighted by Gasteiger charge is 2.43. The second-order valence-electron chi connectivity index (χ2n) is 29.1. The van der Waals surface area contributed by atoms with Gasteiger partial charge in [0.1, 0.15) is 30.8 Å². The maximum atomic E-state index is 4.68. The molecule has 5 aliphatic rings. The van der Waals surface area contributed by atoms with Gasteiger partial charge >= 0.3 is 0 Å². The molecule has 0 radical (unpaired) electrons. The van der Waals surface area contributed by atoms with Gasteiger partial charge in [0, 0.05) is 115 Å². The van der Waals surface area contributed by atoms with E-state index in [4.69, 9.17) is 0 Å². The molecular weight excluding hydrogens is 1370 g/mol. The average Bonchev–Trinajstić information content (AvgIpc) is 1.66. The monoisotopic (exact) mass is 1470 g/mol. The van der Waals surface area contributed by atoms with Crippen molar-refractivity contribution >= 4 is 104 Å². The molecule has 10 heterocycles. The molecule has 111 heavy (non-hydrogen) atoms. The van der Waals surface area contributed by atoms with E-state index >= 15 is 0 Å². The fraction of sp³-hybridized carbons (Fsp3) is 0.253. The molecule has 5 aromatic heterocycles. The van der Waals surface area contributed by atoms with Gasteiger partial charge in [-0.15, -0.1) is 0 Å². The number of hydrogen-bond donors (Lipinski definition) is 0. The van der Waals surface area contributed by atoms with Crippen LogP contribution in [0.5, 0.6) is 0 Å². The lowest BCUT2D eigenvalue weighted by Gasteiger charge is -2.32. The molecule has 0 aliphatic carbocycles. The lowest BCUT2D eigenvalue weighted by Crippen LogP contribution is -2.42. The molecular formula is C91H98N20. The summed E-state index contributed by atoms with van der Waals surface area (Å²) in [6, 6.07) is 65.8. The molecule has 8 aromatic carbocycles. The molecule has 0 bridgehead atoms. The predicted octanol–water partition coefficient (Wildman–Crippen LogP) is 20.7. The summed E-state index contributed by atoms with van der Waals surface area (Å²) in [4.78, 5) is 68.4. The van der Waals surface area contributed by atoms with Crippen LogP contribution in [0.2, 0.25) is 0 Å². The highest BCUT2D eigenvalue weighted by atomic mass is 15.5. The first-order chi connectivity index (χ1) is 53.7. The zero-order valence-electron chi connectivity index (χ0n) is 66.6. The topological polar surface area (TPSA) is 161 Å². The van der Waals surface area contributed by atoms with Crippen molar-refractivity contribution in [2.75, 3.05) is 56.0 Å². The molecule has 562 valence electrons. The lowest BCUT2D eigenvalue weighted by atomic mass is 10.1. The second-order valence-corrected chi connectivity index (χ2v) is 29.1. The van der Waals surface area contributed by atoms with Gasteiger partial charge in [-0.05, 0) is 215 Å². The molecule has 20 nitrogen and oxygen atoms in total. The molecule has 0 unspecified atom stereocenters. The summed E-state index contributed by atoms with van der Waals surface area (Å²) in [6.07, 6.45) is 18.3. The third-order valence-electron chi connectivity index (χ3n) is 21.3. The van der Waals surface area contributed by atoms with Crippen LogP contribution in [0, 0.1) is 62.3 Å². The Morgan fingerprint density at radius 2 is 0.505 bits per heavy atom. The van der Waals surface area contributed by atoms with E-state index in [2.05, 4.69) is 399 Å². The molecule has 0 N–H and O–H groups in total. The Hall–Kier alpha value is -12.8. The normalized spacial score (nSPS) is 16.9. The maximum Gasteiger partial charge on any atom is 0.178 e. The van der Waals surface area contributed by atoms with Crippen molar-refractivity contribution in [2.45, 2.75) is 148 Å². The van der Waals surface area contributed by atoms with Crippen LogP contribution in [-0.2, 0) is 0 Å². The second kappa shape index (κ2) is 32.2. The van der Waals surface area contributed by atoms with Gasteiger partial charge < -0.3 is 49.0 Å². The summed E-state index contributed by atoms with van der Waals surface area (Å²) >= 11 is 0. The van der Waals surface area contributed by atoms with Gasteiger partial charge in [-0.2, -0.15) is 0 Å². The first kappa shape index (κ1) is 75.0. The number of fused-ring (bicyclic) bond motifs is 5. The predicted molar refractivity (Wildman–Crippen MR) is 455 cm³/mol. The minimum Gasteiger partial charge on any atom is -0.336 e. The van der Waals surface area contributed by atoms with E-state index in [0.717, 1.165) is 69.6 Å². The number of nitrogens with zero attached hydrogens (tertiary/aromatic N) is 20. The first-order valence-corrected chi connectivity index (χ1v) is 38.1. The Balaban J connectivity index is 0.000000116. The van der Waals surface area contributed by atoms with E-state index in [0.29, 0.717) is 6.04 Å². The first-order valence-electron chi connectivity index (χ1n) is 38.1. The third-order valence-corrected chi connectivity index (χ3v) is 21.3. The van der Waals surface area contributed by atoms with E-state index < -0.39 is 0 Å². The Morgan fingerprint density at radius 1 is 0.243 bits per heavy atom. The van der Waals surface area contributed by atoms with Crippen molar-refractivity contribution in [1.82, 2.24) is 49.8 Å². The SMILES string of the molecule is Cc1cc(C)cc(N2c3nccnc3N(c3ccccc3C)[C@@H]2C)c1.Cc1ccccc1N1c2nccnc2N(C(C)C)[C@H]1C.Cc1ccccc1N1c2nccnc2N(C)[C@H]1C.Cc1ccccc1N1c2nccnc2N(c2c(C)cccc2C)[C@H]1C.Cc1ccccc1N1c2nccnc2N(c2ccccc2)[C@H]1C. The van der Waals surface area contributed by atoms with Gasteiger partial charge in [0.25, 0.3) is 0 Å². The quantitative estimate of drug-likeness (QED) is 0.134. The molecule has 20 heteroatoms. The lowest BCUT2D eigenvalue weighted by molar-refractivity contribution is 0.601. The zero-order valence-corrected chi connectivity index (χ0v) is 66.6. The number of hydrogen-bond acceptors (Lipinski definition) is 20. The maximum absolute atomic E-state index is 4.68. The summed E-state index contributed by atoms with van der Waals surface area (Å²) in [7, 11) is 2.05. The molecule has 18 rings (SSSR count). The molecule has 0 saturated heterocycles. The molecule has 0 spiro atoms.